The van der Waals surface area contributed by atoms with Gasteiger partial charge in [0, 0.05) is 48.3 Å². The Hall–Kier alpha value is -3.70. The van der Waals surface area contributed by atoms with Crippen molar-refractivity contribution >= 4 is 28.3 Å². The van der Waals surface area contributed by atoms with E-state index in [4.69, 9.17) is 0 Å². The maximum Gasteiger partial charge on any atom is 0.296 e. The standard InChI is InChI=1S/C26H23N3O2/c30-25(24-21-8-4-5-9-22(21)29-17-16-27-15-14-23(24)29)26(31)28-20-12-10-19(11-13-20)18-6-2-1-3-7-18/h1-13,27H,14-17H2,(H,28,31). The molecule has 1 aromatic heterocycles. The lowest BCUT2D eigenvalue weighted by atomic mass is 10.0. The zero-order chi connectivity index (χ0) is 21.2. The molecule has 0 saturated carbocycles. The highest BCUT2D eigenvalue weighted by atomic mass is 16.2. The average Bonchev–Trinajstić information content (AvgIpc) is 2.95. The van der Waals surface area contributed by atoms with Crippen molar-refractivity contribution in [2.45, 2.75) is 13.0 Å². The van der Waals surface area contributed by atoms with Crippen LogP contribution in [0.25, 0.3) is 22.0 Å². The molecule has 1 aliphatic rings. The van der Waals surface area contributed by atoms with Crippen LogP contribution >= 0.6 is 0 Å². The van der Waals surface area contributed by atoms with Crippen molar-refractivity contribution in [1.82, 2.24) is 9.88 Å². The minimum atomic E-state index is -0.608. The lowest BCUT2D eigenvalue weighted by Crippen LogP contribution is -2.24. The van der Waals surface area contributed by atoms with Crippen LogP contribution in [0, 0.1) is 0 Å². The van der Waals surface area contributed by atoms with Gasteiger partial charge in [0.15, 0.2) is 0 Å². The van der Waals surface area contributed by atoms with Crippen LogP contribution in [0.1, 0.15) is 16.1 Å². The monoisotopic (exact) mass is 409 g/mol. The molecule has 5 nitrogen and oxygen atoms in total. The molecule has 0 spiro atoms. The molecule has 5 rings (SSSR count). The minimum absolute atomic E-state index is 0.487. The number of Topliss-reactive ketones (excluding diaryl/α,β-unsaturated/α-hetero) is 1. The number of aromatic nitrogens is 1. The fourth-order valence-electron chi connectivity index (χ4n) is 4.33. The van der Waals surface area contributed by atoms with E-state index in [9.17, 15) is 9.59 Å². The maximum atomic E-state index is 13.3. The molecule has 0 aliphatic carbocycles. The summed E-state index contributed by atoms with van der Waals surface area (Å²) >= 11 is 0. The van der Waals surface area contributed by atoms with Crippen LogP contribution in [-0.4, -0.2) is 29.3 Å². The first kappa shape index (κ1) is 19.3. The number of nitrogens with zero attached hydrogens (tertiary/aromatic N) is 1. The number of ketones is 1. The Morgan fingerprint density at radius 3 is 2.32 bits per heavy atom. The fourth-order valence-corrected chi connectivity index (χ4v) is 4.33. The van der Waals surface area contributed by atoms with E-state index in [0.717, 1.165) is 53.8 Å². The molecule has 0 unspecified atom stereocenters. The molecule has 154 valence electrons. The summed E-state index contributed by atoms with van der Waals surface area (Å²) in [6, 6.07) is 25.4. The van der Waals surface area contributed by atoms with E-state index in [2.05, 4.69) is 15.2 Å². The summed E-state index contributed by atoms with van der Waals surface area (Å²) in [6.07, 6.45) is 0.717. The van der Waals surface area contributed by atoms with Gasteiger partial charge in [-0.15, -0.1) is 0 Å². The fraction of sp³-hybridized carbons (Fsp3) is 0.154. The molecule has 2 N–H and O–H groups in total. The number of carbonyl (C=O) groups excluding carboxylic acids is 2. The highest BCUT2D eigenvalue weighted by Crippen LogP contribution is 2.28. The summed E-state index contributed by atoms with van der Waals surface area (Å²) in [5.74, 6) is -1.09. The largest absolute Gasteiger partial charge is 0.343 e. The Morgan fingerprint density at radius 1 is 0.806 bits per heavy atom. The SMILES string of the molecule is O=C(Nc1ccc(-c2ccccc2)cc1)C(=O)c1c2n(c3ccccc13)CCNCC2. The van der Waals surface area contributed by atoms with Crippen LogP contribution in [0.4, 0.5) is 5.69 Å². The molecule has 0 saturated heterocycles. The molecule has 0 fully saturated rings. The van der Waals surface area contributed by atoms with Gasteiger partial charge in [-0.25, -0.2) is 0 Å². The van der Waals surface area contributed by atoms with E-state index >= 15 is 0 Å². The van der Waals surface area contributed by atoms with E-state index in [1.807, 2.05) is 78.9 Å². The molecule has 3 aromatic carbocycles. The van der Waals surface area contributed by atoms with Crippen molar-refractivity contribution in [2.24, 2.45) is 0 Å². The number of rotatable bonds is 4. The normalized spacial score (nSPS) is 13.4. The third-order valence-electron chi connectivity index (χ3n) is 5.81. The number of hydrogen-bond acceptors (Lipinski definition) is 3. The van der Waals surface area contributed by atoms with E-state index in [1.54, 1.807) is 0 Å². The van der Waals surface area contributed by atoms with Crippen LogP contribution in [0.15, 0.2) is 78.9 Å². The molecule has 1 aliphatic heterocycles. The number of fused-ring (bicyclic) bond motifs is 3. The zero-order valence-electron chi connectivity index (χ0n) is 17.1. The van der Waals surface area contributed by atoms with Gasteiger partial charge >= 0.3 is 0 Å². The lowest BCUT2D eigenvalue weighted by Gasteiger charge is -2.08. The Balaban J connectivity index is 1.43. The Morgan fingerprint density at radius 2 is 1.52 bits per heavy atom. The number of para-hydroxylation sites is 1. The summed E-state index contributed by atoms with van der Waals surface area (Å²) in [6.45, 7) is 2.42. The Kier molecular flexibility index (Phi) is 5.10. The predicted molar refractivity (Wildman–Crippen MR) is 123 cm³/mol. The van der Waals surface area contributed by atoms with Crippen molar-refractivity contribution in [3.63, 3.8) is 0 Å². The van der Waals surface area contributed by atoms with E-state index < -0.39 is 11.7 Å². The van der Waals surface area contributed by atoms with Crippen molar-refractivity contribution in [1.29, 1.82) is 0 Å². The van der Waals surface area contributed by atoms with Crippen molar-refractivity contribution < 1.29 is 9.59 Å². The predicted octanol–water partition coefficient (Wildman–Crippen LogP) is 4.28. The molecule has 4 aromatic rings. The van der Waals surface area contributed by atoms with Gasteiger partial charge < -0.3 is 15.2 Å². The van der Waals surface area contributed by atoms with Gasteiger partial charge in [0.1, 0.15) is 0 Å². The van der Waals surface area contributed by atoms with Gasteiger partial charge in [-0.2, -0.15) is 0 Å². The van der Waals surface area contributed by atoms with Gasteiger partial charge in [0.2, 0.25) is 0 Å². The zero-order valence-corrected chi connectivity index (χ0v) is 17.1. The first-order valence-electron chi connectivity index (χ1n) is 10.5. The second-order valence-electron chi connectivity index (χ2n) is 7.72. The lowest BCUT2D eigenvalue weighted by molar-refractivity contribution is -0.112. The van der Waals surface area contributed by atoms with E-state index in [0.29, 0.717) is 11.3 Å². The van der Waals surface area contributed by atoms with Gasteiger partial charge in [-0.05, 0) is 29.3 Å². The summed E-state index contributed by atoms with van der Waals surface area (Å²) in [7, 11) is 0. The average molecular weight is 409 g/mol. The third kappa shape index (κ3) is 3.64. The van der Waals surface area contributed by atoms with Crippen LogP contribution < -0.4 is 10.6 Å². The van der Waals surface area contributed by atoms with Crippen LogP contribution in [-0.2, 0) is 17.8 Å². The third-order valence-corrected chi connectivity index (χ3v) is 5.81. The minimum Gasteiger partial charge on any atom is -0.343 e. The molecule has 2 heterocycles. The molecule has 31 heavy (non-hydrogen) atoms. The highest BCUT2D eigenvalue weighted by Gasteiger charge is 2.27. The highest BCUT2D eigenvalue weighted by molar-refractivity contribution is 6.48. The molecule has 5 heteroatoms. The van der Waals surface area contributed by atoms with Crippen molar-refractivity contribution in [2.75, 3.05) is 18.4 Å². The number of carbonyl (C=O) groups is 2. The van der Waals surface area contributed by atoms with Crippen LogP contribution in [0.2, 0.25) is 0 Å². The molecule has 0 radical (unpaired) electrons. The van der Waals surface area contributed by atoms with Crippen molar-refractivity contribution in [3.05, 3.63) is 90.1 Å². The van der Waals surface area contributed by atoms with Crippen LogP contribution in [0.5, 0.6) is 0 Å². The second kappa shape index (κ2) is 8.20. The number of nitrogens with one attached hydrogen (secondary N) is 2. The number of hydrogen-bond donors (Lipinski definition) is 2. The Labute approximate surface area is 180 Å². The van der Waals surface area contributed by atoms with E-state index in [1.165, 1.54) is 0 Å². The van der Waals surface area contributed by atoms with Crippen molar-refractivity contribution in [3.8, 4) is 11.1 Å². The summed E-state index contributed by atoms with van der Waals surface area (Å²) in [4.78, 5) is 26.1. The first-order valence-corrected chi connectivity index (χ1v) is 10.5. The molecular weight excluding hydrogens is 386 g/mol. The van der Waals surface area contributed by atoms with Gasteiger partial charge in [0.05, 0.1) is 5.56 Å². The van der Waals surface area contributed by atoms with E-state index in [-0.39, 0.29) is 0 Å². The summed E-state index contributed by atoms with van der Waals surface area (Å²) in [5, 5.41) is 6.99. The molecule has 0 atom stereocenters. The first-order chi connectivity index (χ1) is 15.2. The van der Waals surface area contributed by atoms with Crippen LogP contribution in [0.3, 0.4) is 0 Å². The topological polar surface area (TPSA) is 63.1 Å². The molecule has 0 bridgehead atoms. The van der Waals surface area contributed by atoms with Gasteiger partial charge in [0.25, 0.3) is 11.7 Å². The van der Waals surface area contributed by atoms with Gasteiger partial charge in [-0.1, -0.05) is 60.7 Å². The molecular formula is C26H23N3O2. The second-order valence-corrected chi connectivity index (χ2v) is 7.72. The summed E-state index contributed by atoms with van der Waals surface area (Å²) < 4.78 is 2.17. The number of benzene rings is 3. The summed E-state index contributed by atoms with van der Waals surface area (Å²) in [5.41, 5.74) is 5.23. The number of anilines is 1. The smallest absolute Gasteiger partial charge is 0.296 e. The molecule has 1 amide bonds. The quantitative estimate of drug-likeness (QED) is 0.391. The van der Waals surface area contributed by atoms with Gasteiger partial charge in [-0.3, -0.25) is 9.59 Å². The maximum absolute atomic E-state index is 13.3. The Bertz CT molecular complexity index is 1260. The number of amides is 1.